The number of hydroxylamine groups is 3. The molecule has 3 N–H and O–H groups in total. The topological polar surface area (TPSA) is 178 Å². The fourth-order valence-electron chi connectivity index (χ4n) is 7.88. The van der Waals surface area contributed by atoms with Crippen molar-refractivity contribution in [3.05, 3.63) is 160 Å². The Morgan fingerprint density at radius 1 is 0.937 bits per heavy atom. The van der Waals surface area contributed by atoms with Gasteiger partial charge in [0.15, 0.2) is 10.8 Å². The molecule has 0 aliphatic carbocycles. The molecule has 324 valence electrons. The third-order valence-electron chi connectivity index (χ3n) is 11.0. The minimum absolute atomic E-state index is 0.0451. The van der Waals surface area contributed by atoms with E-state index in [0.29, 0.717) is 35.2 Å². The summed E-state index contributed by atoms with van der Waals surface area (Å²) in [5.74, 6) is -2.35. The number of nitrogens with one attached hydrogen (secondary N) is 2. The minimum Gasteiger partial charge on any atom is -0.497 e. The van der Waals surface area contributed by atoms with Crippen molar-refractivity contribution < 1.29 is 48.1 Å². The predicted molar refractivity (Wildman–Crippen MR) is 236 cm³/mol. The summed E-state index contributed by atoms with van der Waals surface area (Å²) in [5, 5.41) is 21.1. The van der Waals surface area contributed by atoms with Gasteiger partial charge >= 0.3 is 11.9 Å². The van der Waals surface area contributed by atoms with Crippen LogP contribution in [-0.2, 0) is 45.7 Å². The molecule has 17 heteroatoms. The van der Waals surface area contributed by atoms with E-state index in [2.05, 4.69) is 15.8 Å². The number of fused-ring (bicyclic) bond motifs is 1. The van der Waals surface area contributed by atoms with Gasteiger partial charge in [-0.1, -0.05) is 108 Å². The number of ether oxygens (including phenoxy) is 2. The zero-order chi connectivity index (χ0) is 44.1. The number of oxime groups is 1. The highest BCUT2D eigenvalue weighted by atomic mass is 32.2. The molecule has 1 aromatic heterocycles. The standard InChI is InChI=1S/C46H44N6O9S2/c1-52(2)24-23-36(61-52)34-27-62-43-39(42(56)51(43)40(34)44(57)59-25-29-19-21-33(58-3)22-20-29)48-41(55)38(50-60-26-37(53)54)35-28-63-45(47-35)49-46(30-13-7-4-8-14-30,31-15-9-5-10-16-31)32-17-11-6-12-18-32/h4-22,28,36,39,43H,23-27H2,1-3H3,(H2-,47,48,49,53,54,55)/p+1/b50-38-/t36-,39?,43?/m0/s1. The van der Waals surface area contributed by atoms with Crippen molar-refractivity contribution in [3.63, 3.8) is 0 Å². The van der Waals surface area contributed by atoms with E-state index in [1.165, 1.54) is 28.0 Å². The summed E-state index contributed by atoms with van der Waals surface area (Å²) >= 11 is 2.60. The van der Waals surface area contributed by atoms with Gasteiger partial charge in [0.2, 0.25) is 6.61 Å². The molecule has 0 saturated carbocycles. The Labute approximate surface area is 371 Å². The summed E-state index contributed by atoms with van der Waals surface area (Å²) in [5.41, 5.74) is 3.06. The number of nitrogens with zero attached hydrogens (tertiary/aromatic N) is 4. The Hall–Kier alpha value is -6.53. The number of aliphatic carboxylic acids is 1. The summed E-state index contributed by atoms with van der Waals surface area (Å²) in [4.78, 5) is 71.3. The Morgan fingerprint density at radius 2 is 1.56 bits per heavy atom. The number of aromatic nitrogens is 1. The normalized spacial score (nSPS) is 19.4. The van der Waals surface area contributed by atoms with Crippen LogP contribution in [0.1, 0.15) is 34.4 Å². The lowest BCUT2D eigenvalue weighted by atomic mass is 9.77. The quantitative estimate of drug-likeness (QED) is 0.0282. The number of carbonyl (C=O) groups excluding carboxylic acids is 3. The molecular formula is C46H45N6O9S2+. The molecule has 63 heavy (non-hydrogen) atoms. The average Bonchev–Trinajstić information content (AvgIpc) is 3.93. The van der Waals surface area contributed by atoms with E-state index < -0.39 is 53.4 Å². The molecule has 3 aliphatic heterocycles. The Balaban J connectivity index is 1.06. The molecule has 2 saturated heterocycles. The number of β-lactam (4-membered cyclic amide) rings is 1. The van der Waals surface area contributed by atoms with Crippen molar-refractivity contribution in [2.75, 3.05) is 45.4 Å². The molecular weight excluding hydrogens is 845 g/mol. The van der Waals surface area contributed by atoms with Crippen molar-refractivity contribution in [1.82, 2.24) is 15.2 Å². The lowest BCUT2D eigenvalue weighted by Gasteiger charge is -2.50. The van der Waals surface area contributed by atoms with Crippen LogP contribution < -0.4 is 15.4 Å². The number of thiazole rings is 1. The molecule has 2 fully saturated rings. The molecule has 2 amide bonds. The third kappa shape index (κ3) is 9.04. The number of carboxylic acids is 1. The molecule has 4 heterocycles. The number of quaternary nitrogens is 1. The van der Waals surface area contributed by atoms with Crippen LogP contribution in [0.2, 0.25) is 0 Å². The molecule has 0 radical (unpaired) electrons. The second-order valence-electron chi connectivity index (χ2n) is 15.5. The summed E-state index contributed by atoms with van der Waals surface area (Å²) < 4.78 is 11.3. The van der Waals surface area contributed by atoms with E-state index in [0.717, 1.165) is 22.3 Å². The molecule has 8 rings (SSSR count). The first-order valence-corrected chi connectivity index (χ1v) is 22.0. The van der Waals surface area contributed by atoms with E-state index >= 15 is 0 Å². The lowest BCUT2D eigenvalue weighted by molar-refractivity contribution is -1.06. The number of carbonyl (C=O) groups is 4. The van der Waals surface area contributed by atoms with Crippen LogP contribution in [0.25, 0.3) is 0 Å². The highest BCUT2D eigenvalue weighted by Crippen LogP contribution is 2.44. The Kier molecular flexibility index (Phi) is 12.6. The van der Waals surface area contributed by atoms with E-state index in [1.807, 2.05) is 105 Å². The lowest BCUT2D eigenvalue weighted by Crippen LogP contribution is -2.71. The molecule has 3 atom stereocenters. The van der Waals surface area contributed by atoms with E-state index in [9.17, 15) is 24.3 Å². The number of benzene rings is 4. The van der Waals surface area contributed by atoms with Crippen LogP contribution in [0.5, 0.6) is 5.75 Å². The molecule has 5 aromatic rings. The summed E-state index contributed by atoms with van der Waals surface area (Å²) in [6, 6.07) is 35.7. The number of amides is 2. The van der Waals surface area contributed by atoms with Crippen molar-refractivity contribution >= 4 is 57.7 Å². The molecule has 4 aromatic carbocycles. The number of methoxy groups -OCH3 is 1. The van der Waals surface area contributed by atoms with Crippen molar-refractivity contribution in [1.29, 1.82) is 0 Å². The van der Waals surface area contributed by atoms with Crippen LogP contribution in [0, 0.1) is 0 Å². The Morgan fingerprint density at radius 3 is 2.11 bits per heavy atom. The summed E-state index contributed by atoms with van der Waals surface area (Å²) in [6.45, 7) is -0.167. The fraction of sp³-hybridized carbons (Fsp3) is 0.261. The zero-order valence-electron chi connectivity index (χ0n) is 34.6. The van der Waals surface area contributed by atoms with Gasteiger partial charge in [0.1, 0.15) is 53.4 Å². The van der Waals surface area contributed by atoms with Crippen LogP contribution >= 0.6 is 23.1 Å². The highest BCUT2D eigenvalue weighted by Gasteiger charge is 2.56. The van der Waals surface area contributed by atoms with E-state index in [1.54, 1.807) is 36.8 Å². The number of carboxylic acid groups (broad SMARTS) is 1. The van der Waals surface area contributed by atoms with E-state index in [-0.39, 0.29) is 28.4 Å². The van der Waals surface area contributed by atoms with Gasteiger partial charge in [-0.25, -0.2) is 14.6 Å². The van der Waals surface area contributed by atoms with Crippen molar-refractivity contribution in [2.24, 2.45) is 5.16 Å². The molecule has 0 bridgehead atoms. The summed E-state index contributed by atoms with van der Waals surface area (Å²) in [7, 11) is 5.41. The van der Waals surface area contributed by atoms with E-state index in [4.69, 9.17) is 24.1 Å². The number of rotatable bonds is 16. The SMILES string of the molecule is COc1ccc(COC(=O)C2=C([C@@H]3CC[N+](C)(C)O3)CSC3C(NC(=O)/C(=N\OCC(=O)O)c4csc(NC(c5ccccc5)(c5ccccc5)c5ccccc5)n4)C(=O)N23)cc1. The average molecular weight is 890 g/mol. The largest absolute Gasteiger partial charge is 0.497 e. The number of hydrogen-bond acceptors (Lipinski definition) is 13. The number of esters is 1. The first-order valence-electron chi connectivity index (χ1n) is 20.1. The predicted octanol–water partition coefficient (Wildman–Crippen LogP) is 5.54. The van der Waals surface area contributed by atoms with Gasteiger partial charge in [-0.2, -0.15) is 9.48 Å². The first kappa shape index (κ1) is 43.1. The van der Waals surface area contributed by atoms with Gasteiger partial charge in [0.25, 0.3) is 11.8 Å². The Bertz CT molecular complexity index is 2440. The van der Waals surface area contributed by atoms with Crippen molar-refractivity contribution in [2.45, 2.75) is 36.1 Å². The maximum atomic E-state index is 14.2. The van der Waals surface area contributed by atoms with Crippen LogP contribution in [0.15, 0.2) is 137 Å². The van der Waals surface area contributed by atoms with Gasteiger partial charge in [0, 0.05) is 23.1 Å². The summed E-state index contributed by atoms with van der Waals surface area (Å²) in [6.07, 6.45) is 0.204. The third-order valence-corrected chi connectivity index (χ3v) is 13.0. The molecule has 0 spiro atoms. The molecule has 15 nitrogen and oxygen atoms in total. The fourth-order valence-corrected chi connectivity index (χ4v) is 10.0. The second-order valence-corrected chi connectivity index (χ2v) is 17.4. The van der Waals surface area contributed by atoms with Crippen LogP contribution in [0.3, 0.4) is 0 Å². The number of anilines is 1. The van der Waals surface area contributed by atoms with Gasteiger partial charge < -0.3 is 30.1 Å². The van der Waals surface area contributed by atoms with Gasteiger partial charge in [-0.3, -0.25) is 14.5 Å². The molecule has 3 aliphatic rings. The molecule has 2 unspecified atom stereocenters. The van der Waals surface area contributed by atoms with Gasteiger partial charge in [-0.05, 0) is 34.4 Å². The van der Waals surface area contributed by atoms with Crippen LogP contribution in [0.4, 0.5) is 5.13 Å². The van der Waals surface area contributed by atoms with Crippen molar-refractivity contribution in [3.8, 4) is 5.75 Å². The van der Waals surface area contributed by atoms with Gasteiger partial charge in [0.05, 0.1) is 21.2 Å². The van der Waals surface area contributed by atoms with Gasteiger partial charge in [-0.15, -0.1) is 23.1 Å². The highest BCUT2D eigenvalue weighted by molar-refractivity contribution is 8.00. The first-order chi connectivity index (χ1) is 30.5. The second kappa shape index (κ2) is 18.4. The van der Waals surface area contributed by atoms with Crippen LogP contribution in [-0.4, -0.2) is 107 Å². The maximum Gasteiger partial charge on any atom is 0.355 e. The maximum absolute atomic E-state index is 14.2. The minimum atomic E-state index is -1.30. The number of hydrogen-bond donors (Lipinski definition) is 3. The number of thioether (sulfide) groups is 1. The zero-order valence-corrected chi connectivity index (χ0v) is 36.3. The monoisotopic (exact) mass is 889 g/mol. The smallest absolute Gasteiger partial charge is 0.355 e.